The molecule has 0 aromatic carbocycles. The van der Waals surface area contributed by atoms with Crippen molar-refractivity contribution >= 4 is 26.1 Å². The second kappa shape index (κ2) is 9.70. The number of ether oxygens (including phenoxy) is 1. The molecule has 0 bridgehead atoms. The summed E-state index contributed by atoms with van der Waals surface area (Å²) in [5.41, 5.74) is 1.58. The average molecular weight is 407 g/mol. The fourth-order valence-electron chi connectivity index (χ4n) is 2.10. The van der Waals surface area contributed by atoms with Gasteiger partial charge in [0.05, 0.1) is 12.9 Å². The van der Waals surface area contributed by atoms with Gasteiger partial charge >= 0.3 is 0 Å². The Kier molecular flexibility index (Phi) is 8.44. The minimum atomic E-state index is -1.80. The van der Waals surface area contributed by atoms with Crippen LogP contribution in [-0.2, 0) is 20.4 Å². The Bertz CT molecular complexity index is 686. The predicted octanol–water partition coefficient (Wildman–Crippen LogP) is 5.64. The van der Waals surface area contributed by atoms with Gasteiger partial charge in [-0.25, -0.2) is 4.98 Å². The van der Waals surface area contributed by atoms with Gasteiger partial charge in [-0.05, 0) is 54.7 Å². The Morgan fingerprint density at radius 3 is 2.39 bits per heavy atom. The van der Waals surface area contributed by atoms with Crippen LogP contribution in [-0.4, -0.2) is 32.4 Å². The third-order valence-electron chi connectivity index (χ3n) is 5.10. The summed E-state index contributed by atoms with van der Waals surface area (Å²) in [7, 11) is -1.80. The van der Waals surface area contributed by atoms with Crippen LogP contribution in [0.2, 0.25) is 18.1 Å². The molecule has 5 nitrogen and oxygen atoms in total. The number of amides is 1. The molecule has 0 aliphatic heterocycles. The number of pyridine rings is 1. The van der Waals surface area contributed by atoms with E-state index in [1.54, 1.807) is 12.5 Å². The first-order chi connectivity index (χ1) is 12.8. The van der Waals surface area contributed by atoms with Crippen LogP contribution < -0.4 is 5.32 Å². The van der Waals surface area contributed by atoms with E-state index < -0.39 is 13.7 Å². The minimum absolute atomic E-state index is 0.0546. The molecule has 0 saturated carbocycles. The molecule has 1 N–H and O–H groups in total. The molecule has 0 fully saturated rings. The van der Waals surface area contributed by atoms with Crippen molar-refractivity contribution in [2.75, 3.05) is 18.5 Å². The molecule has 6 heteroatoms. The molecule has 0 spiro atoms. The molecule has 1 aromatic rings. The number of nitrogens with one attached hydrogen (secondary N) is 1. The lowest BCUT2D eigenvalue weighted by Gasteiger charge is -2.36. The van der Waals surface area contributed by atoms with Crippen molar-refractivity contribution in [3.63, 3.8) is 0 Å². The molecular formula is C22H38N2O3Si. The molecular weight excluding hydrogens is 368 g/mol. The van der Waals surface area contributed by atoms with Crippen LogP contribution in [0.3, 0.4) is 0 Å². The average Bonchev–Trinajstić information content (AvgIpc) is 2.54. The van der Waals surface area contributed by atoms with E-state index in [1.165, 1.54) is 0 Å². The van der Waals surface area contributed by atoms with Crippen LogP contribution in [0.1, 0.15) is 59.6 Å². The standard InChI is InChI=1S/C22H38N2O3Si/c1-10-26-13-11-18-16-23-19(24-20(25)21(2,3)4)15-17(18)12-14-27-28(8,9)22(5,6)7/h11,13,15-16H,10,12,14H2,1-9H3,(H,23,24,25)/b13-11+. The quantitative estimate of drug-likeness (QED) is 0.448. The molecule has 0 aliphatic rings. The van der Waals surface area contributed by atoms with E-state index in [0.717, 1.165) is 17.5 Å². The molecule has 0 aliphatic carbocycles. The molecule has 158 valence electrons. The van der Waals surface area contributed by atoms with Crippen LogP contribution in [0.5, 0.6) is 0 Å². The van der Waals surface area contributed by atoms with E-state index in [2.05, 4.69) is 44.2 Å². The molecule has 1 heterocycles. The summed E-state index contributed by atoms with van der Waals surface area (Å²) in [6.45, 7) is 20.1. The monoisotopic (exact) mass is 406 g/mol. The number of anilines is 1. The molecule has 0 radical (unpaired) electrons. The first-order valence-electron chi connectivity index (χ1n) is 10.0. The third-order valence-corrected chi connectivity index (χ3v) is 9.64. The lowest BCUT2D eigenvalue weighted by Crippen LogP contribution is -2.41. The second-order valence-corrected chi connectivity index (χ2v) is 14.4. The van der Waals surface area contributed by atoms with Gasteiger partial charge in [0.25, 0.3) is 0 Å². The summed E-state index contributed by atoms with van der Waals surface area (Å²) in [6, 6.07) is 1.93. The highest BCUT2D eigenvalue weighted by Crippen LogP contribution is 2.36. The first-order valence-corrected chi connectivity index (χ1v) is 12.9. The van der Waals surface area contributed by atoms with Gasteiger partial charge in [-0.3, -0.25) is 4.79 Å². The number of rotatable bonds is 8. The largest absolute Gasteiger partial charge is 0.501 e. The lowest BCUT2D eigenvalue weighted by atomic mass is 9.96. The van der Waals surface area contributed by atoms with Crippen molar-refractivity contribution in [3.05, 3.63) is 29.7 Å². The van der Waals surface area contributed by atoms with Gasteiger partial charge in [-0.15, -0.1) is 0 Å². The molecule has 1 amide bonds. The maximum atomic E-state index is 12.3. The van der Waals surface area contributed by atoms with E-state index in [9.17, 15) is 4.79 Å². The maximum absolute atomic E-state index is 12.3. The Hall–Kier alpha value is -1.66. The topological polar surface area (TPSA) is 60.5 Å². The number of hydrogen-bond acceptors (Lipinski definition) is 4. The van der Waals surface area contributed by atoms with E-state index in [0.29, 0.717) is 19.0 Å². The summed E-state index contributed by atoms with van der Waals surface area (Å²) in [4.78, 5) is 16.7. The molecule has 1 rings (SSSR count). The Morgan fingerprint density at radius 2 is 1.86 bits per heavy atom. The fourth-order valence-corrected chi connectivity index (χ4v) is 3.14. The summed E-state index contributed by atoms with van der Waals surface area (Å²) in [5.74, 6) is 0.511. The number of carbonyl (C=O) groups excluding carboxylic acids is 1. The molecule has 1 aromatic heterocycles. The molecule has 0 unspecified atom stereocenters. The third kappa shape index (κ3) is 7.39. The summed E-state index contributed by atoms with van der Waals surface area (Å²) >= 11 is 0. The van der Waals surface area contributed by atoms with E-state index >= 15 is 0 Å². The molecule has 28 heavy (non-hydrogen) atoms. The van der Waals surface area contributed by atoms with Gasteiger partial charge in [0.2, 0.25) is 5.91 Å². The van der Waals surface area contributed by atoms with E-state index in [4.69, 9.17) is 9.16 Å². The van der Waals surface area contributed by atoms with Crippen molar-refractivity contribution in [2.24, 2.45) is 5.41 Å². The first kappa shape index (κ1) is 24.4. The van der Waals surface area contributed by atoms with Crippen molar-refractivity contribution in [1.29, 1.82) is 0 Å². The summed E-state index contributed by atoms with van der Waals surface area (Å²) in [5, 5.41) is 3.09. The SMILES string of the molecule is CCO/C=C/c1cnc(NC(=O)C(C)(C)C)cc1CCO[Si](C)(C)C(C)(C)C. The Balaban J connectivity index is 3.00. The number of aromatic nitrogens is 1. The zero-order valence-electron chi connectivity index (χ0n) is 19.1. The second-order valence-electron chi connectivity index (χ2n) is 9.59. The highest BCUT2D eigenvalue weighted by molar-refractivity contribution is 6.74. The highest BCUT2D eigenvalue weighted by atomic mass is 28.4. The van der Waals surface area contributed by atoms with Crippen LogP contribution in [0.4, 0.5) is 5.82 Å². The van der Waals surface area contributed by atoms with Crippen molar-refractivity contribution in [1.82, 2.24) is 4.98 Å². The van der Waals surface area contributed by atoms with Crippen molar-refractivity contribution in [3.8, 4) is 0 Å². The molecule has 0 saturated heterocycles. The maximum Gasteiger partial charge on any atom is 0.230 e. The lowest BCUT2D eigenvalue weighted by molar-refractivity contribution is -0.123. The number of carbonyl (C=O) groups is 1. The van der Waals surface area contributed by atoms with Crippen LogP contribution in [0.25, 0.3) is 6.08 Å². The van der Waals surface area contributed by atoms with Crippen molar-refractivity contribution < 1.29 is 14.0 Å². The minimum Gasteiger partial charge on any atom is -0.501 e. The Labute approximate surface area is 172 Å². The predicted molar refractivity (Wildman–Crippen MR) is 120 cm³/mol. The normalized spacial score (nSPS) is 13.0. The van der Waals surface area contributed by atoms with E-state index in [-0.39, 0.29) is 10.9 Å². The highest BCUT2D eigenvalue weighted by Gasteiger charge is 2.36. The fraction of sp³-hybridized carbons (Fsp3) is 0.636. The zero-order valence-corrected chi connectivity index (χ0v) is 20.1. The molecule has 0 atom stereocenters. The smallest absolute Gasteiger partial charge is 0.230 e. The van der Waals surface area contributed by atoms with Gasteiger partial charge < -0.3 is 14.5 Å². The van der Waals surface area contributed by atoms with Gasteiger partial charge in [0.15, 0.2) is 8.32 Å². The zero-order chi connectivity index (χ0) is 21.6. The van der Waals surface area contributed by atoms with Crippen LogP contribution >= 0.6 is 0 Å². The van der Waals surface area contributed by atoms with Gasteiger partial charge in [-0.2, -0.15) is 0 Å². The Morgan fingerprint density at radius 1 is 1.21 bits per heavy atom. The van der Waals surface area contributed by atoms with Crippen LogP contribution in [0, 0.1) is 5.41 Å². The number of nitrogens with zero attached hydrogens (tertiary/aromatic N) is 1. The number of hydrogen-bond donors (Lipinski definition) is 1. The van der Waals surface area contributed by atoms with Crippen molar-refractivity contribution in [2.45, 2.75) is 73.0 Å². The van der Waals surface area contributed by atoms with E-state index in [1.807, 2.05) is 39.8 Å². The van der Waals surface area contributed by atoms with Gasteiger partial charge in [-0.1, -0.05) is 41.5 Å². The summed E-state index contributed by atoms with van der Waals surface area (Å²) in [6.07, 6.45) is 6.12. The van der Waals surface area contributed by atoms with Crippen LogP contribution in [0.15, 0.2) is 18.5 Å². The van der Waals surface area contributed by atoms with Gasteiger partial charge in [0, 0.05) is 18.2 Å². The van der Waals surface area contributed by atoms with Gasteiger partial charge in [0.1, 0.15) is 5.82 Å². The summed E-state index contributed by atoms with van der Waals surface area (Å²) < 4.78 is 11.7.